The summed E-state index contributed by atoms with van der Waals surface area (Å²) in [6, 6.07) is 3.37. The molecule has 1 aliphatic heterocycles. The Hall–Kier alpha value is -1.21. The molecule has 4 nitrogen and oxygen atoms in total. The Kier molecular flexibility index (Phi) is 5.30. The molecular weight excluding hydrogens is 324 g/mol. The molecule has 0 aromatic heterocycles. The number of rotatable bonds is 5. The lowest BCUT2D eigenvalue weighted by molar-refractivity contribution is 0.266. The van der Waals surface area contributed by atoms with Gasteiger partial charge in [0.25, 0.3) is 0 Å². The maximum Gasteiger partial charge on any atom is 0.219 e. The smallest absolute Gasteiger partial charge is 0.219 e. The van der Waals surface area contributed by atoms with E-state index in [1.54, 1.807) is 27.3 Å². The SMILES string of the molecule is CC(C)(C)S(=O)(=O)N1[CH]CC[C@@H]1c1cc(F)ccc1OCCF. The molecule has 2 rings (SSSR count). The lowest BCUT2D eigenvalue weighted by Crippen LogP contribution is -2.41. The Morgan fingerprint density at radius 1 is 1.35 bits per heavy atom. The van der Waals surface area contributed by atoms with Gasteiger partial charge in [0.15, 0.2) is 0 Å². The topological polar surface area (TPSA) is 46.6 Å². The molecule has 0 N–H and O–H groups in total. The van der Waals surface area contributed by atoms with Crippen LogP contribution in [-0.4, -0.2) is 30.8 Å². The van der Waals surface area contributed by atoms with Crippen LogP contribution in [0.1, 0.15) is 45.2 Å². The second-order valence-corrected chi connectivity index (χ2v) is 9.04. The summed E-state index contributed by atoms with van der Waals surface area (Å²) in [4.78, 5) is 0. The number of ether oxygens (including phenoxy) is 1. The van der Waals surface area contributed by atoms with Crippen molar-refractivity contribution in [2.45, 2.75) is 44.4 Å². The van der Waals surface area contributed by atoms with Gasteiger partial charge in [0.1, 0.15) is 24.8 Å². The number of benzene rings is 1. The molecule has 0 spiro atoms. The van der Waals surface area contributed by atoms with Gasteiger partial charge >= 0.3 is 0 Å². The van der Waals surface area contributed by atoms with Crippen LogP contribution in [0, 0.1) is 12.4 Å². The Labute approximate surface area is 136 Å². The zero-order valence-corrected chi connectivity index (χ0v) is 14.4. The van der Waals surface area contributed by atoms with Gasteiger partial charge in [0.05, 0.1) is 10.8 Å². The van der Waals surface area contributed by atoms with Crippen LogP contribution in [0.25, 0.3) is 0 Å². The largest absolute Gasteiger partial charge is 0.491 e. The maximum absolute atomic E-state index is 13.7. The minimum absolute atomic E-state index is 0.152. The molecule has 0 amide bonds. The first-order valence-corrected chi connectivity index (χ1v) is 8.97. The predicted octanol–water partition coefficient (Wildman–Crippen LogP) is 3.60. The van der Waals surface area contributed by atoms with Gasteiger partial charge in [0, 0.05) is 12.1 Å². The lowest BCUT2D eigenvalue weighted by Gasteiger charge is -2.31. The van der Waals surface area contributed by atoms with Crippen molar-refractivity contribution in [2.75, 3.05) is 13.3 Å². The minimum atomic E-state index is -3.60. The van der Waals surface area contributed by atoms with Crippen molar-refractivity contribution in [1.82, 2.24) is 4.31 Å². The van der Waals surface area contributed by atoms with E-state index in [0.29, 0.717) is 24.2 Å². The molecule has 7 heteroatoms. The van der Waals surface area contributed by atoms with Crippen molar-refractivity contribution >= 4 is 10.0 Å². The van der Waals surface area contributed by atoms with Gasteiger partial charge in [-0.25, -0.2) is 17.2 Å². The Bertz CT molecular complexity index is 656. The summed E-state index contributed by atoms with van der Waals surface area (Å²) in [5, 5.41) is 0. The van der Waals surface area contributed by atoms with Crippen molar-refractivity contribution in [3.63, 3.8) is 0 Å². The molecule has 23 heavy (non-hydrogen) atoms. The third kappa shape index (κ3) is 3.66. The number of sulfonamides is 1. The first kappa shape index (κ1) is 18.1. The molecule has 1 atom stereocenters. The van der Waals surface area contributed by atoms with Crippen LogP contribution in [0.4, 0.5) is 8.78 Å². The van der Waals surface area contributed by atoms with E-state index < -0.39 is 33.3 Å². The molecule has 1 fully saturated rings. The first-order chi connectivity index (χ1) is 10.7. The van der Waals surface area contributed by atoms with Crippen molar-refractivity contribution in [3.8, 4) is 5.75 Å². The molecule has 0 unspecified atom stereocenters. The number of hydrogen-bond acceptors (Lipinski definition) is 3. The summed E-state index contributed by atoms with van der Waals surface area (Å²) in [7, 11) is -3.60. The average molecular weight is 346 g/mol. The van der Waals surface area contributed by atoms with Crippen LogP contribution in [-0.2, 0) is 10.0 Å². The lowest BCUT2D eigenvalue weighted by atomic mass is 10.0. The highest BCUT2D eigenvalue weighted by Gasteiger charge is 2.43. The Morgan fingerprint density at radius 3 is 2.65 bits per heavy atom. The molecule has 129 valence electrons. The average Bonchev–Trinajstić information content (AvgIpc) is 2.94. The van der Waals surface area contributed by atoms with E-state index >= 15 is 0 Å². The van der Waals surface area contributed by atoms with Gasteiger partial charge in [-0.3, -0.25) is 0 Å². The van der Waals surface area contributed by atoms with Crippen LogP contribution in [0.15, 0.2) is 18.2 Å². The van der Waals surface area contributed by atoms with Crippen LogP contribution >= 0.6 is 0 Å². The highest BCUT2D eigenvalue weighted by Crippen LogP contribution is 2.43. The van der Waals surface area contributed by atoms with E-state index in [0.717, 1.165) is 0 Å². The summed E-state index contributed by atoms with van der Waals surface area (Å²) >= 11 is 0. The number of nitrogens with zero attached hydrogens (tertiary/aromatic N) is 1. The Morgan fingerprint density at radius 2 is 2.04 bits per heavy atom. The van der Waals surface area contributed by atoms with E-state index in [9.17, 15) is 17.2 Å². The fourth-order valence-electron chi connectivity index (χ4n) is 2.55. The standard InChI is InChI=1S/C16H22F2NO3S/c1-16(2,3)23(20,21)19-9-4-5-14(19)13-11-12(18)6-7-15(13)22-10-8-17/h6-7,9,11,14H,4-5,8,10H2,1-3H3/t14-/m1/s1. The molecular formula is C16H22F2NO3S. The molecule has 1 heterocycles. The molecule has 1 aromatic rings. The molecule has 0 saturated carbocycles. The summed E-state index contributed by atoms with van der Waals surface area (Å²) in [5.41, 5.74) is 0.431. The zero-order chi connectivity index (χ0) is 17.3. The highest BCUT2D eigenvalue weighted by atomic mass is 32.2. The van der Waals surface area contributed by atoms with E-state index in [1.807, 2.05) is 0 Å². The van der Waals surface area contributed by atoms with Gasteiger partial charge in [0.2, 0.25) is 10.0 Å². The third-order valence-corrected chi connectivity index (χ3v) is 6.28. The van der Waals surface area contributed by atoms with E-state index in [-0.39, 0.29) is 6.61 Å². The quantitative estimate of drug-likeness (QED) is 0.818. The molecule has 1 aliphatic rings. The van der Waals surface area contributed by atoms with Gasteiger partial charge in [-0.2, -0.15) is 4.31 Å². The summed E-state index contributed by atoms with van der Waals surface area (Å²) < 4.78 is 57.2. The summed E-state index contributed by atoms with van der Waals surface area (Å²) in [5.74, 6) is -0.161. The van der Waals surface area contributed by atoms with Gasteiger partial charge in [-0.15, -0.1) is 0 Å². The minimum Gasteiger partial charge on any atom is -0.491 e. The second kappa shape index (κ2) is 6.73. The maximum atomic E-state index is 13.7. The molecule has 1 radical (unpaired) electrons. The second-order valence-electron chi connectivity index (χ2n) is 6.44. The van der Waals surface area contributed by atoms with E-state index in [1.165, 1.54) is 22.5 Å². The van der Waals surface area contributed by atoms with Gasteiger partial charge in [-0.05, 0) is 51.8 Å². The third-order valence-electron chi connectivity index (χ3n) is 3.77. The molecule has 1 saturated heterocycles. The summed E-state index contributed by atoms with van der Waals surface area (Å²) in [6.07, 6.45) is 1.10. The number of halogens is 2. The fraction of sp³-hybridized carbons (Fsp3) is 0.562. The first-order valence-electron chi connectivity index (χ1n) is 7.53. The van der Waals surface area contributed by atoms with Crippen molar-refractivity contribution in [3.05, 3.63) is 36.1 Å². The normalized spacial score (nSPS) is 20.0. The monoisotopic (exact) mass is 346 g/mol. The number of alkyl halides is 1. The van der Waals surface area contributed by atoms with Crippen molar-refractivity contribution in [1.29, 1.82) is 0 Å². The fourth-order valence-corrected chi connectivity index (χ4v) is 4.04. The van der Waals surface area contributed by atoms with Crippen molar-refractivity contribution in [2.24, 2.45) is 0 Å². The molecule has 0 aliphatic carbocycles. The highest BCUT2D eigenvalue weighted by molar-refractivity contribution is 7.90. The Balaban J connectivity index is 2.42. The molecule has 0 bridgehead atoms. The van der Waals surface area contributed by atoms with Gasteiger partial charge < -0.3 is 4.74 Å². The predicted molar refractivity (Wildman–Crippen MR) is 84.7 cm³/mol. The summed E-state index contributed by atoms with van der Waals surface area (Å²) in [6.45, 7) is 5.67. The van der Waals surface area contributed by atoms with Crippen LogP contribution < -0.4 is 4.74 Å². The van der Waals surface area contributed by atoms with Crippen LogP contribution in [0.5, 0.6) is 5.75 Å². The number of hydrogen-bond donors (Lipinski definition) is 0. The zero-order valence-electron chi connectivity index (χ0n) is 13.6. The van der Waals surface area contributed by atoms with Crippen molar-refractivity contribution < 1.29 is 21.9 Å². The van der Waals surface area contributed by atoms with E-state index in [2.05, 4.69) is 0 Å². The van der Waals surface area contributed by atoms with E-state index in [4.69, 9.17) is 4.74 Å². The molecule has 1 aromatic carbocycles. The van der Waals surface area contributed by atoms with Crippen LogP contribution in [0.2, 0.25) is 0 Å². The van der Waals surface area contributed by atoms with Gasteiger partial charge in [-0.1, -0.05) is 0 Å². The van der Waals surface area contributed by atoms with Crippen LogP contribution in [0.3, 0.4) is 0 Å².